The molecule has 2 saturated heterocycles. The summed E-state index contributed by atoms with van der Waals surface area (Å²) in [6.45, 7) is 2.45. The van der Waals surface area contributed by atoms with Crippen LogP contribution in [0.5, 0.6) is 0 Å². The first-order chi connectivity index (χ1) is 11.1. The lowest BCUT2D eigenvalue weighted by atomic mass is 10.2. The summed E-state index contributed by atoms with van der Waals surface area (Å²) in [5.41, 5.74) is 0.850. The van der Waals surface area contributed by atoms with Crippen LogP contribution in [0.2, 0.25) is 0 Å². The number of ether oxygens (including phenoxy) is 2. The third-order valence-electron chi connectivity index (χ3n) is 4.16. The van der Waals surface area contributed by atoms with Crippen molar-refractivity contribution in [3.8, 4) is 0 Å². The van der Waals surface area contributed by atoms with Crippen LogP contribution in [0.4, 0.5) is 5.69 Å². The topological polar surface area (TPSA) is 76.2 Å². The molecule has 0 spiro atoms. The minimum Gasteiger partial charge on any atom is -0.465 e. The zero-order valence-electron chi connectivity index (χ0n) is 12.9. The molecule has 2 heterocycles. The largest absolute Gasteiger partial charge is 0.465 e. The van der Waals surface area contributed by atoms with E-state index in [0.717, 1.165) is 0 Å². The summed E-state index contributed by atoms with van der Waals surface area (Å²) >= 11 is 0. The van der Waals surface area contributed by atoms with Crippen LogP contribution in [0.25, 0.3) is 0 Å². The Kier molecular flexibility index (Phi) is 4.40. The summed E-state index contributed by atoms with van der Waals surface area (Å²) in [6, 6.07) is 5.84. The number of morpholine rings is 1. The highest BCUT2D eigenvalue weighted by molar-refractivity contribution is 6.22. The molecule has 0 aromatic heterocycles. The maximum Gasteiger partial charge on any atom is 0.337 e. The minimum atomic E-state index is -0.457. The van der Waals surface area contributed by atoms with Crippen LogP contribution < -0.4 is 4.90 Å². The Morgan fingerprint density at radius 1 is 1.17 bits per heavy atom. The molecule has 7 nitrogen and oxygen atoms in total. The van der Waals surface area contributed by atoms with Crippen LogP contribution in [0.15, 0.2) is 24.3 Å². The number of imide groups is 1. The van der Waals surface area contributed by atoms with Gasteiger partial charge in [-0.3, -0.25) is 14.5 Å². The number of esters is 1. The van der Waals surface area contributed by atoms with Crippen molar-refractivity contribution in [1.82, 2.24) is 4.90 Å². The summed E-state index contributed by atoms with van der Waals surface area (Å²) in [5.74, 6) is -0.901. The molecule has 2 aliphatic heterocycles. The Balaban J connectivity index is 1.78. The predicted molar refractivity (Wildman–Crippen MR) is 81.1 cm³/mol. The fourth-order valence-corrected chi connectivity index (χ4v) is 2.93. The van der Waals surface area contributed by atoms with Gasteiger partial charge in [-0.1, -0.05) is 0 Å². The van der Waals surface area contributed by atoms with Crippen molar-refractivity contribution in [3.05, 3.63) is 29.8 Å². The van der Waals surface area contributed by atoms with Gasteiger partial charge in [-0.2, -0.15) is 0 Å². The Hall–Kier alpha value is -2.25. The number of benzene rings is 1. The molecule has 0 saturated carbocycles. The Bertz CT molecular complexity index is 622. The van der Waals surface area contributed by atoms with Gasteiger partial charge < -0.3 is 9.47 Å². The maximum atomic E-state index is 12.6. The average Bonchev–Trinajstić information content (AvgIpc) is 2.89. The predicted octanol–water partition coefficient (Wildman–Crippen LogP) is 0.437. The summed E-state index contributed by atoms with van der Waals surface area (Å²) < 4.78 is 9.92. The molecule has 0 aliphatic carbocycles. The molecule has 7 heteroatoms. The fraction of sp³-hybridized carbons (Fsp3) is 0.438. The molecule has 1 aromatic rings. The Morgan fingerprint density at radius 2 is 1.83 bits per heavy atom. The van der Waals surface area contributed by atoms with E-state index in [1.807, 2.05) is 4.90 Å². The highest BCUT2D eigenvalue weighted by Crippen LogP contribution is 2.26. The van der Waals surface area contributed by atoms with Crippen molar-refractivity contribution in [2.24, 2.45) is 0 Å². The second-order valence-electron chi connectivity index (χ2n) is 5.47. The summed E-state index contributed by atoms with van der Waals surface area (Å²) in [4.78, 5) is 39.5. The monoisotopic (exact) mass is 318 g/mol. The van der Waals surface area contributed by atoms with E-state index in [-0.39, 0.29) is 18.2 Å². The van der Waals surface area contributed by atoms with Gasteiger partial charge in [-0.05, 0) is 24.3 Å². The lowest BCUT2D eigenvalue weighted by Gasteiger charge is -2.30. The smallest absolute Gasteiger partial charge is 0.337 e. The van der Waals surface area contributed by atoms with Gasteiger partial charge >= 0.3 is 5.97 Å². The number of hydrogen-bond donors (Lipinski definition) is 0. The van der Waals surface area contributed by atoms with Gasteiger partial charge in [0.2, 0.25) is 5.91 Å². The lowest BCUT2D eigenvalue weighted by molar-refractivity contribution is -0.123. The third-order valence-corrected chi connectivity index (χ3v) is 4.16. The molecule has 23 heavy (non-hydrogen) atoms. The molecule has 0 radical (unpaired) electrons. The van der Waals surface area contributed by atoms with Crippen LogP contribution in [0.3, 0.4) is 0 Å². The number of carbonyl (C=O) groups is 3. The Morgan fingerprint density at radius 3 is 2.43 bits per heavy atom. The molecule has 0 bridgehead atoms. The molecule has 3 rings (SSSR count). The zero-order chi connectivity index (χ0) is 16.4. The number of rotatable bonds is 3. The summed E-state index contributed by atoms with van der Waals surface area (Å²) in [6.07, 6.45) is 0.178. The van der Waals surface area contributed by atoms with Gasteiger partial charge in [0.25, 0.3) is 5.91 Å². The standard InChI is InChI=1S/C16H18N2O5/c1-22-16(21)11-2-4-12(5-3-11)18-14(19)10-13(15(18)20)17-6-8-23-9-7-17/h2-5,13H,6-10H2,1H3/t13-/m0/s1. The fourth-order valence-electron chi connectivity index (χ4n) is 2.93. The first-order valence-electron chi connectivity index (χ1n) is 7.49. The molecule has 1 atom stereocenters. The number of nitrogens with zero attached hydrogens (tertiary/aromatic N) is 2. The second-order valence-corrected chi connectivity index (χ2v) is 5.47. The summed E-state index contributed by atoms with van der Waals surface area (Å²) in [7, 11) is 1.30. The van der Waals surface area contributed by atoms with E-state index in [0.29, 0.717) is 37.6 Å². The van der Waals surface area contributed by atoms with Crippen LogP contribution in [0, 0.1) is 0 Å². The van der Waals surface area contributed by atoms with Gasteiger partial charge in [-0.25, -0.2) is 9.69 Å². The van der Waals surface area contributed by atoms with Crippen molar-refractivity contribution in [2.75, 3.05) is 38.3 Å². The molecule has 2 fully saturated rings. The summed E-state index contributed by atoms with van der Waals surface area (Å²) in [5, 5.41) is 0. The van der Waals surface area contributed by atoms with E-state index < -0.39 is 12.0 Å². The molecule has 1 aromatic carbocycles. The van der Waals surface area contributed by atoms with E-state index >= 15 is 0 Å². The Labute approximate surface area is 133 Å². The van der Waals surface area contributed by atoms with Crippen LogP contribution in [-0.2, 0) is 19.1 Å². The molecule has 2 aliphatic rings. The number of methoxy groups -OCH3 is 1. The first kappa shape index (κ1) is 15.6. The molecular formula is C16H18N2O5. The SMILES string of the molecule is COC(=O)c1ccc(N2C(=O)C[C@H](N3CCOCC3)C2=O)cc1. The molecule has 2 amide bonds. The third kappa shape index (κ3) is 2.97. The van der Waals surface area contributed by atoms with E-state index in [9.17, 15) is 14.4 Å². The van der Waals surface area contributed by atoms with Crippen LogP contribution >= 0.6 is 0 Å². The van der Waals surface area contributed by atoms with Gasteiger partial charge in [0, 0.05) is 13.1 Å². The normalized spacial score (nSPS) is 22.5. The maximum absolute atomic E-state index is 12.6. The van der Waals surface area contributed by atoms with E-state index in [1.54, 1.807) is 24.3 Å². The highest BCUT2D eigenvalue weighted by Gasteiger charge is 2.42. The molecule has 122 valence electrons. The first-order valence-corrected chi connectivity index (χ1v) is 7.49. The molecular weight excluding hydrogens is 300 g/mol. The zero-order valence-corrected chi connectivity index (χ0v) is 12.9. The minimum absolute atomic E-state index is 0.178. The van der Waals surface area contributed by atoms with Crippen LogP contribution in [0.1, 0.15) is 16.8 Å². The number of anilines is 1. The lowest BCUT2D eigenvalue weighted by Crippen LogP contribution is -2.47. The van der Waals surface area contributed by atoms with Gasteiger partial charge in [0.15, 0.2) is 0 Å². The number of amides is 2. The van der Waals surface area contributed by atoms with Crippen molar-refractivity contribution in [3.63, 3.8) is 0 Å². The van der Waals surface area contributed by atoms with Crippen molar-refractivity contribution in [1.29, 1.82) is 0 Å². The molecule has 0 N–H and O–H groups in total. The molecule has 0 unspecified atom stereocenters. The van der Waals surface area contributed by atoms with E-state index in [2.05, 4.69) is 4.74 Å². The van der Waals surface area contributed by atoms with Gasteiger partial charge in [-0.15, -0.1) is 0 Å². The van der Waals surface area contributed by atoms with E-state index in [1.165, 1.54) is 12.0 Å². The van der Waals surface area contributed by atoms with Crippen molar-refractivity contribution in [2.45, 2.75) is 12.5 Å². The number of carbonyl (C=O) groups excluding carboxylic acids is 3. The van der Waals surface area contributed by atoms with E-state index in [4.69, 9.17) is 4.74 Å². The number of hydrogen-bond acceptors (Lipinski definition) is 6. The van der Waals surface area contributed by atoms with Crippen molar-refractivity contribution < 1.29 is 23.9 Å². The quantitative estimate of drug-likeness (QED) is 0.594. The second kappa shape index (κ2) is 6.47. The van der Waals surface area contributed by atoms with Gasteiger partial charge in [0.1, 0.15) is 0 Å². The van der Waals surface area contributed by atoms with Crippen LogP contribution in [-0.4, -0.2) is 62.1 Å². The highest BCUT2D eigenvalue weighted by atomic mass is 16.5. The van der Waals surface area contributed by atoms with Crippen molar-refractivity contribution >= 4 is 23.5 Å². The van der Waals surface area contributed by atoms with Gasteiger partial charge in [0.05, 0.1) is 44.0 Å². The average molecular weight is 318 g/mol.